The van der Waals surface area contributed by atoms with Crippen LogP contribution in [0.25, 0.3) is 15.2 Å². The van der Waals surface area contributed by atoms with Crippen LogP contribution in [0.2, 0.25) is 0 Å². The molecule has 2 heterocycles. The van der Waals surface area contributed by atoms with Gasteiger partial charge in [0.05, 0.1) is 10.2 Å². The minimum absolute atomic E-state index is 0.210. The first kappa shape index (κ1) is 14.2. The molecule has 0 spiro atoms. The first-order chi connectivity index (χ1) is 10.7. The molecule has 0 fully saturated rings. The monoisotopic (exact) mass is 393 g/mol. The molecule has 22 heavy (non-hydrogen) atoms. The van der Waals surface area contributed by atoms with E-state index >= 15 is 0 Å². The van der Waals surface area contributed by atoms with Crippen molar-refractivity contribution in [1.29, 1.82) is 0 Å². The minimum Gasteiger partial charge on any atom is -0.260 e. The molecule has 0 saturated heterocycles. The highest BCUT2D eigenvalue weighted by atomic mass is 79.9. The second kappa shape index (κ2) is 5.64. The van der Waals surface area contributed by atoms with E-state index in [-0.39, 0.29) is 5.82 Å². The van der Waals surface area contributed by atoms with Crippen molar-refractivity contribution in [2.75, 3.05) is 0 Å². The van der Waals surface area contributed by atoms with Gasteiger partial charge in [-0.05, 0) is 29.8 Å². The Morgan fingerprint density at radius 3 is 2.91 bits per heavy atom. The molecule has 0 atom stereocenters. The standard InChI is InChI=1S/C15H9BrFN3S2/c16-10-6-5-9(11(17)7-10)8-21-14-18-19-15-20(14)12-3-1-2-4-13(12)22-15/h1-7H,8H2. The molecule has 2 aromatic carbocycles. The summed E-state index contributed by atoms with van der Waals surface area (Å²) in [4.78, 5) is 0.861. The predicted molar refractivity (Wildman–Crippen MR) is 92.0 cm³/mol. The molecule has 2 aromatic heterocycles. The van der Waals surface area contributed by atoms with Crippen LogP contribution in [-0.2, 0) is 5.75 Å². The zero-order valence-corrected chi connectivity index (χ0v) is 14.4. The van der Waals surface area contributed by atoms with Gasteiger partial charge in [-0.1, -0.05) is 57.2 Å². The molecule has 0 saturated carbocycles. The SMILES string of the molecule is Fc1cc(Br)ccc1CSc1nnc2sc3ccccc3n12. The molecule has 0 N–H and O–H groups in total. The normalized spacial score (nSPS) is 11.5. The van der Waals surface area contributed by atoms with Gasteiger partial charge in [0.1, 0.15) is 5.82 Å². The van der Waals surface area contributed by atoms with Crippen molar-refractivity contribution in [2.24, 2.45) is 0 Å². The summed E-state index contributed by atoms with van der Waals surface area (Å²) in [6.45, 7) is 0. The van der Waals surface area contributed by atoms with Crippen molar-refractivity contribution < 1.29 is 4.39 Å². The van der Waals surface area contributed by atoms with Crippen LogP contribution < -0.4 is 0 Å². The number of para-hydroxylation sites is 1. The molecule has 0 unspecified atom stereocenters. The lowest BCUT2D eigenvalue weighted by atomic mass is 10.2. The lowest BCUT2D eigenvalue weighted by Crippen LogP contribution is -1.90. The lowest BCUT2D eigenvalue weighted by molar-refractivity contribution is 0.616. The highest BCUT2D eigenvalue weighted by molar-refractivity contribution is 9.10. The van der Waals surface area contributed by atoms with Crippen molar-refractivity contribution in [1.82, 2.24) is 14.6 Å². The molecule has 0 aliphatic carbocycles. The smallest absolute Gasteiger partial charge is 0.217 e. The van der Waals surface area contributed by atoms with E-state index in [1.807, 2.05) is 28.7 Å². The third-order valence-electron chi connectivity index (χ3n) is 3.28. The summed E-state index contributed by atoms with van der Waals surface area (Å²) in [5.41, 5.74) is 1.75. The topological polar surface area (TPSA) is 30.2 Å². The van der Waals surface area contributed by atoms with Crippen molar-refractivity contribution >= 4 is 54.2 Å². The van der Waals surface area contributed by atoms with E-state index in [2.05, 4.69) is 32.2 Å². The molecule has 4 rings (SSSR count). The summed E-state index contributed by atoms with van der Waals surface area (Å²) in [5.74, 6) is 0.308. The van der Waals surface area contributed by atoms with Crippen LogP contribution >= 0.6 is 39.0 Å². The number of nitrogens with zero attached hydrogens (tertiary/aromatic N) is 3. The number of hydrogen-bond acceptors (Lipinski definition) is 4. The molecule has 4 aromatic rings. The van der Waals surface area contributed by atoms with Gasteiger partial charge in [0.2, 0.25) is 4.96 Å². The molecule has 110 valence electrons. The van der Waals surface area contributed by atoms with Gasteiger partial charge in [-0.3, -0.25) is 4.40 Å². The number of rotatable bonds is 3. The van der Waals surface area contributed by atoms with E-state index in [1.165, 1.54) is 22.5 Å². The fourth-order valence-corrected chi connectivity index (χ4v) is 4.52. The largest absolute Gasteiger partial charge is 0.260 e. The fourth-order valence-electron chi connectivity index (χ4n) is 2.23. The molecule has 0 aliphatic heterocycles. The van der Waals surface area contributed by atoms with Gasteiger partial charge in [0, 0.05) is 10.2 Å². The maximum Gasteiger partial charge on any atom is 0.217 e. The minimum atomic E-state index is -0.210. The summed E-state index contributed by atoms with van der Waals surface area (Å²) in [5, 5.41) is 9.22. The number of thioether (sulfide) groups is 1. The molecular formula is C15H9BrFN3S2. The fraction of sp³-hybridized carbons (Fsp3) is 0.0667. The van der Waals surface area contributed by atoms with Crippen LogP contribution in [-0.4, -0.2) is 14.6 Å². The van der Waals surface area contributed by atoms with Crippen molar-refractivity contribution in [3.8, 4) is 0 Å². The van der Waals surface area contributed by atoms with E-state index in [1.54, 1.807) is 17.4 Å². The highest BCUT2D eigenvalue weighted by Gasteiger charge is 2.13. The molecule has 0 amide bonds. The predicted octanol–water partition coefficient (Wildman–Crippen LogP) is 5.14. The van der Waals surface area contributed by atoms with Crippen LogP contribution in [0.3, 0.4) is 0 Å². The molecule has 3 nitrogen and oxygen atoms in total. The molecule has 0 aliphatic rings. The average Bonchev–Trinajstić information content (AvgIpc) is 3.05. The molecular weight excluding hydrogens is 385 g/mol. The van der Waals surface area contributed by atoms with E-state index in [9.17, 15) is 4.39 Å². The Labute approximate surface area is 142 Å². The number of hydrogen-bond donors (Lipinski definition) is 0. The van der Waals surface area contributed by atoms with Crippen molar-refractivity contribution in [2.45, 2.75) is 10.9 Å². The van der Waals surface area contributed by atoms with Gasteiger partial charge in [-0.2, -0.15) is 0 Å². The van der Waals surface area contributed by atoms with Crippen LogP contribution in [0.4, 0.5) is 4.39 Å². The number of aromatic nitrogens is 3. The quantitative estimate of drug-likeness (QED) is 0.451. The lowest BCUT2D eigenvalue weighted by Gasteiger charge is -2.03. The zero-order valence-electron chi connectivity index (χ0n) is 11.2. The van der Waals surface area contributed by atoms with Crippen LogP contribution in [0.1, 0.15) is 5.56 Å². The Hall–Kier alpha value is -1.44. The van der Waals surface area contributed by atoms with E-state index < -0.39 is 0 Å². The van der Waals surface area contributed by atoms with E-state index in [4.69, 9.17) is 0 Å². The number of thiazole rings is 1. The zero-order chi connectivity index (χ0) is 15.1. The molecule has 0 radical (unpaired) electrons. The highest BCUT2D eigenvalue weighted by Crippen LogP contribution is 2.31. The van der Waals surface area contributed by atoms with Crippen LogP contribution in [0.5, 0.6) is 0 Å². The number of halogens is 2. The second-order valence-electron chi connectivity index (χ2n) is 4.69. The maximum absolute atomic E-state index is 13.9. The third-order valence-corrected chi connectivity index (χ3v) is 5.77. The Kier molecular flexibility index (Phi) is 3.63. The van der Waals surface area contributed by atoms with Gasteiger partial charge in [-0.15, -0.1) is 10.2 Å². The van der Waals surface area contributed by atoms with Gasteiger partial charge in [0.25, 0.3) is 0 Å². The summed E-state index contributed by atoms with van der Waals surface area (Å²) < 4.78 is 17.8. The Bertz CT molecular complexity index is 979. The van der Waals surface area contributed by atoms with E-state index in [0.29, 0.717) is 11.3 Å². The Balaban J connectivity index is 1.69. The van der Waals surface area contributed by atoms with E-state index in [0.717, 1.165) is 20.1 Å². The van der Waals surface area contributed by atoms with Gasteiger partial charge >= 0.3 is 0 Å². The summed E-state index contributed by atoms with van der Waals surface area (Å²) >= 11 is 6.36. The summed E-state index contributed by atoms with van der Waals surface area (Å²) in [6.07, 6.45) is 0. The summed E-state index contributed by atoms with van der Waals surface area (Å²) in [6, 6.07) is 13.2. The second-order valence-corrected chi connectivity index (χ2v) is 7.56. The van der Waals surface area contributed by atoms with Crippen molar-refractivity contribution in [3.05, 3.63) is 58.3 Å². The maximum atomic E-state index is 13.9. The number of benzene rings is 2. The third kappa shape index (κ3) is 2.43. The Morgan fingerprint density at radius 1 is 1.18 bits per heavy atom. The van der Waals surface area contributed by atoms with Crippen molar-refractivity contribution in [3.63, 3.8) is 0 Å². The van der Waals surface area contributed by atoms with Gasteiger partial charge in [0.15, 0.2) is 5.16 Å². The molecule has 7 heteroatoms. The van der Waals surface area contributed by atoms with Crippen LogP contribution in [0, 0.1) is 5.82 Å². The number of fused-ring (bicyclic) bond motifs is 3. The average molecular weight is 394 g/mol. The molecule has 0 bridgehead atoms. The van der Waals surface area contributed by atoms with Gasteiger partial charge < -0.3 is 0 Å². The van der Waals surface area contributed by atoms with Crippen LogP contribution in [0.15, 0.2) is 52.1 Å². The van der Waals surface area contributed by atoms with Gasteiger partial charge in [-0.25, -0.2) is 4.39 Å². The first-order valence-corrected chi connectivity index (χ1v) is 9.11. The Morgan fingerprint density at radius 2 is 2.05 bits per heavy atom. The summed E-state index contributed by atoms with van der Waals surface area (Å²) in [7, 11) is 0. The first-order valence-electron chi connectivity index (χ1n) is 6.52.